The topological polar surface area (TPSA) is 52.3 Å². The SMILES string of the molecule is CCc1ccc(-c2sc(C(=O)OC)c(N)c2C(C)C)cc1. The number of thiophene rings is 1. The molecule has 0 fully saturated rings. The summed E-state index contributed by atoms with van der Waals surface area (Å²) in [5, 5.41) is 0. The van der Waals surface area contributed by atoms with Crippen LogP contribution in [0.2, 0.25) is 0 Å². The van der Waals surface area contributed by atoms with Crippen LogP contribution in [0.15, 0.2) is 24.3 Å². The van der Waals surface area contributed by atoms with Gasteiger partial charge < -0.3 is 10.5 Å². The van der Waals surface area contributed by atoms with Gasteiger partial charge in [0.1, 0.15) is 4.88 Å². The summed E-state index contributed by atoms with van der Waals surface area (Å²) >= 11 is 1.41. The lowest BCUT2D eigenvalue weighted by Gasteiger charge is -2.09. The molecule has 0 saturated heterocycles. The molecule has 0 bridgehead atoms. The minimum absolute atomic E-state index is 0.250. The van der Waals surface area contributed by atoms with Gasteiger partial charge in [-0.05, 0) is 29.0 Å². The second-order valence-electron chi connectivity index (χ2n) is 5.28. The number of nitrogens with two attached hydrogens (primary N) is 1. The van der Waals surface area contributed by atoms with E-state index in [1.54, 1.807) is 0 Å². The number of rotatable bonds is 4. The quantitative estimate of drug-likeness (QED) is 0.848. The highest BCUT2D eigenvalue weighted by Gasteiger charge is 2.23. The van der Waals surface area contributed by atoms with E-state index in [1.165, 1.54) is 24.0 Å². The number of ether oxygens (including phenoxy) is 1. The maximum absolute atomic E-state index is 11.9. The third kappa shape index (κ3) is 2.95. The Morgan fingerprint density at radius 3 is 2.38 bits per heavy atom. The normalized spacial score (nSPS) is 10.9. The molecule has 1 heterocycles. The number of anilines is 1. The lowest BCUT2D eigenvalue weighted by molar-refractivity contribution is 0.0607. The van der Waals surface area contributed by atoms with Gasteiger partial charge in [-0.2, -0.15) is 0 Å². The number of benzene rings is 1. The second kappa shape index (κ2) is 6.31. The first-order valence-electron chi connectivity index (χ1n) is 7.09. The molecule has 2 aromatic rings. The fourth-order valence-electron chi connectivity index (χ4n) is 2.38. The van der Waals surface area contributed by atoms with Gasteiger partial charge in [-0.25, -0.2) is 4.79 Å². The molecule has 0 unspecified atom stereocenters. The van der Waals surface area contributed by atoms with Crippen molar-refractivity contribution in [2.45, 2.75) is 33.1 Å². The molecule has 0 aliphatic rings. The van der Waals surface area contributed by atoms with Crippen LogP contribution in [0, 0.1) is 0 Å². The summed E-state index contributed by atoms with van der Waals surface area (Å²) in [6.45, 7) is 6.31. The highest BCUT2D eigenvalue weighted by atomic mass is 32.1. The van der Waals surface area contributed by atoms with Gasteiger partial charge >= 0.3 is 5.97 Å². The van der Waals surface area contributed by atoms with Crippen LogP contribution in [0.4, 0.5) is 5.69 Å². The van der Waals surface area contributed by atoms with Gasteiger partial charge in [0.2, 0.25) is 0 Å². The minimum atomic E-state index is -0.365. The Bertz CT molecular complexity index is 642. The molecule has 0 radical (unpaired) electrons. The third-order valence-corrected chi connectivity index (χ3v) is 4.81. The van der Waals surface area contributed by atoms with Crippen LogP contribution in [-0.2, 0) is 11.2 Å². The Hall–Kier alpha value is -1.81. The molecule has 0 spiro atoms. The molecule has 0 aliphatic carbocycles. The van der Waals surface area contributed by atoms with Crippen molar-refractivity contribution in [2.75, 3.05) is 12.8 Å². The van der Waals surface area contributed by atoms with E-state index in [0.29, 0.717) is 10.6 Å². The minimum Gasteiger partial charge on any atom is -0.465 e. The van der Waals surface area contributed by atoms with Crippen molar-refractivity contribution in [2.24, 2.45) is 0 Å². The van der Waals surface area contributed by atoms with Crippen LogP contribution >= 0.6 is 11.3 Å². The van der Waals surface area contributed by atoms with Crippen molar-refractivity contribution in [1.29, 1.82) is 0 Å². The molecule has 2 rings (SSSR count). The van der Waals surface area contributed by atoms with E-state index >= 15 is 0 Å². The predicted molar refractivity (Wildman–Crippen MR) is 89.0 cm³/mol. The fraction of sp³-hybridized carbons (Fsp3) is 0.353. The van der Waals surface area contributed by atoms with Gasteiger partial charge in [0.25, 0.3) is 0 Å². The average Bonchev–Trinajstić information content (AvgIpc) is 2.84. The van der Waals surface area contributed by atoms with Crippen molar-refractivity contribution < 1.29 is 9.53 Å². The zero-order valence-corrected chi connectivity index (χ0v) is 13.7. The zero-order chi connectivity index (χ0) is 15.6. The number of carbonyl (C=O) groups is 1. The Morgan fingerprint density at radius 2 is 1.90 bits per heavy atom. The standard InChI is InChI=1S/C17H21NO2S/c1-5-11-6-8-12(9-7-11)15-13(10(2)3)14(18)16(21-15)17(19)20-4/h6-10H,5,18H2,1-4H3. The number of hydrogen-bond acceptors (Lipinski definition) is 4. The molecule has 112 valence electrons. The summed E-state index contributed by atoms with van der Waals surface area (Å²) < 4.78 is 4.83. The smallest absolute Gasteiger partial charge is 0.350 e. The molecular weight excluding hydrogens is 282 g/mol. The molecule has 0 saturated carbocycles. The Balaban J connectivity index is 2.58. The summed E-state index contributed by atoms with van der Waals surface area (Å²) in [6.07, 6.45) is 1.01. The van der Waals surface area contributed by atoms with Crippen LogP contribution in [0.1, 0.15) is 47.5 Å². The third-order valence-electron chi connectivity index (χ3n) is 3.56. The molecule has 0 aliphatic heterocycles. The molecule has 1 aromatic heterocycles. The van der Waals surface area contributed by atoms with Crippen LogP contribution < -0.4 is 5.73 Å². The van der Waals surface area contributed by atoms with E-state index in [1.807, 2.05) is 0 Å². The first kappa shape index (κ1) is 15.6. The number of methoxy groups -OCH3 is 1. The van der Waals surface area contributed by atoms with E-state index in [4.69, 9.17) is 10.5 Å². The molecule has 1 aromatic carbocycles. The molecule has 0 amide bonds. The fourth-order valence-corrected chi connectivity index (χ4v) is 3.68. The number of carbonyl (C=O) groups excluding carboxylic acids is 1. The first-order valence-corrected chi connectivity index (χ1v) is 7.91. The Morgan fingerprint density at radius 1 is 1.29 bits per heavy atom. The summed E-state index contributed by atoms with van der Waals surface area (Å²) in [4.78, 5) is 13.4. The number of nitrogen functional groups attached to an aromatic ring is 1. The van der Waals surface area contributed by atoms with Crippen molar-refractivity contribution in [3.63, 3.8) is 0 Å². The van der Waals surface area contributed by atoms with Gasteiger partial charge in [0.15, 0.2) is 0 Å². The van der Waals surface area contributed by atoms with E-state index in [-0.39, 0.29) is 11.9 Å². The van der Waals surface area contributed by atoms with Crippen LogP contribution in [-0.4, -0.2) is 13.1 Å². The Labute approximate surface area is 129 Å². The molecule has 3 nitrogen and oxygen atoms in total. The number of esters is 1. The molecule has 4 heteroatoms. The largest absolute Gasteiger partial charge is 0.465 e. The van der Waals surface area contributed by atoms with Crippen molar-refractivity contribution in [3.05, 3.63) is 40.3 Å². The van der Waals surface area contributed by atoms with E-state index in [0.717, 1.165) is 22.4 Å². The lowest BCUT2D eigenvalue weighted by Crippen LogP contribution is -2.03. The van der Waals surface area contributed by atoms with Crippen molar-refractivity contribution in [1.82, 2.24) is 0 Å². The molecule has 2 N–H and O–H groups in total. The van der Waals surface area contributed by atoms with E-state index in [2.05, 4.69) is 45.0 Å². The van der Waals surface area contributed by atoms with Gasteiger partial charge in [0.05, 0.1) is 12.8 Å². The predicted octanol–water partition coefficient (Wildman–Crippen LogP) is 4.47. The van der Waals surface area contributed by atoms with Crippen LogP contribution in [0.25, 0.3) is 10.4 Å². The highest BCUT2D eigenvalue weighted by molar-refractivity contribution is 7.18. The second-order valence-corrected chi connectivity index (χ2v) is 6.31. The summed E-state index contributed by atoms with van der Waals surface area (Å²) in [7, 11) is 1.38. The molecular formula is C17H21NO2S. The van der Waals surface area contributed by atoms with Gasteiger partial charge in [-0.1, -0.05) is 45.0 Å². The summed E-state index contributed by atoms with van der Waals surface area (Å²) in [5.74, 6) is -0.115. The van der Waals surface area contributed by atoms with E-state index in [9.17, 15) is 4.79 Å². The molecule has 0 atom stereocenters. The Kier molecular flexibility index (Phi) is 4.68. The monoisotopic (exact) mass is 303 g/mol. The first-order chi connectivity index (χ1) is 9.99. The van der Waals surface area contributed by atoms with Gasteiger partial charge in [0, 0.05) is 4.88 Å². The highest BCUT2D eigenvalue weighted by Crippen LogP contribution is 2.42. The average molecular weight is 303 g/mol. The zero-order valence-electron chi connectivity index (χ0n) is 12.9. The van der Waals surface area contributed by atoms with Gasteiger partial charge in [-0.3, -0.25) is 0 Å². The maximum Gasteiger partial charge on any atom is 0.350 e. The number of aryl methyl sites for hydroxylation is 1. The van der Waals surface area contributed by atoms with E-state index < -0.39 is 0 Å². The number of hydrogen-bond donors (Lipinski definition) is 1. The molecule has 21 heavy (non-hydrogen) atoms. The van der Waals surface area contributed by atoms with Gasteiger partial charge in [-0.15, -0.1) is 11.3 Å². The lowest BCUT2D eigenvalue weighted by atomic mass is 9.97. The summed E-state index contributed by atoms with van der Waals surface area (Å²) in [6, 6.07) is 8.43. The summed E-state index contributed by atoms with van der Waals surface area (Å²) in [5.41, 5.74) is 10.2. The van der Waals surface area contributed by atoms with Crippen LogP contribution in [0.3, 0.4) is 0 Å². The van der Waals surface area contributed by atoms with Crippen molar-refractivity contribution >= 4 is 23.0 Å². The van der Waals surface area contributed by atoms with Crippen LogP contribution in [0.5, 0.6) is 0 Å². The maximum atomic E-state index is 11.9. The van der Waals surface area contributed by atoms with Crippen molar-refractivity contribution in [3.8, 4) is 10.4 Å².